The number of aliphatic hydroxyl groups is 3. The van der Waals surface area contributed by atoms with Crippen molar-refractivity contribution in [3.63, 3.8) is 0 Å². The molecule has 0 bridgehead atoms. The third-order valence-corrected chi connectivity index (χ3v) is 11.7. The van der Waals surface area contributed by atoms with Gasteiger partial charge in [-0.25, -0.2) is 0 Å². The van der Waals surface area contributed by atoms with Crippen molar-refractivity contribution in [2.75, 3.05) is 13.1 Å². The number of likely N-dealkylation sites (tertiary alicyclic amines) is 1. The zero-order valence-electron chi connectivity index (χ0n) is 26.9. The maximum atomic E-state index is 11.7. The summed E-state index contributed by atoms with van der Waals surface area (Å²) in [5.41, 5.74) is 0.193. The summed E-state index contributed by atoms with van der Waals surface area (Å²) in [5.74, 6) is 4.57. The van der Waals surface area contributed by atoms with Crippen LogP contribution in [0.1, 0.15) is 126 Å². The zero-order chi connectivity index (χ0) is 28.9. The molecule has 0 spiro atoms. The molecule has 3 aliphatic rings. The molecule has 4 N–H and O–H groups in total. The van der Waals surface area contributed by atoms with E-state index in [1.165, 1.54) is 44.9 Å². The lowest BCUT2D eigenvalue weighted by Gasteiger charge is -2.51. The first-order valence-electron chi connectivity index (χ1n) is 16.9. The summed E-state index contributed by atoms with van der Waals surface area (Å²) in [6.07, 6.45) is 11.9. The smallest absolute Gasteiger partial charge is 0.123 e. The Morgan fingerprint density at radius 3 is 1.95 bits per heavy atom. The maximum absolute atomic E-state index is 11.7. The molecule has 0 amide bonds. The second-order valence-electron chi connectivity index (χ2n) is 15.5. The van der Waals surface area contributed by atoms with E-state index >= 15 is 0 Å². The average Bonchev–Trinajstić information content (AvgIpc) is 2.89. The van der Waals surface area contributed by atoms with Crippen LogP contribution in [0.4, 0.5) is 0 Å². The third kappa shape index (κ3) is 8.89. The Morgan fingerprint density at radius 2 is 1.44 bits per heavy atom. The van der Waals surface area contributed by atoms with Crippen molar-refractivity contribution in [1.82, 2.24) is 10.2 Å². The van der Waals surface area contributed by atoms with E-state index in [0.29, 0.717) is 17.8 Å². The van der Waals surface area contributed by atoms with Crippen LogP contribution in [0.3, 0.4) is 0 Å². The molecule has 39 heavy (non-hydrogen) atoms. The highest BCUT2D eigenvalue weighted by atomic mass is 16.3. The van der Waals surface area contributed by atoms with E-state index in [1.807, 2.05) is 6.92 Å². The second kappa shape index (κ2) is 14.8. The Labute approximate surface area is 241 Å². The first-order chi connectivity index (χ1) is 18.3. The Kier molecular flexibility index (Phi) is 12.6. The van der Waals surface area contributed by atoms with Crippen molar-refractivity contribution in [1.29, 1.82) is 0 Å². The first kappa shape index (κ1) is 33.3. The molecule has 0 aromatic rings. The number of nitrogens with one attached hydrogen (secondary N) is 1. The summed E-state index contributed by atoms with van der Waals surface area (Å²) in [4.78, 5) is 2.30. The molecular formula is C34H66N2O3. The summed E-state index contributed by atoms with van der Waals surface area (Å²) >= 11 is 0. The SMILES string of the molecule is CCC(CC(C)C1CCC([C@H](C)O)CC1)C(O)N[C@H](C(C)C)C(O)N1CCC(C2CCC(C)CC2)C(C)(C)C1. The molecule has 0 aromatic carbocycles. The Balaban J connectivity index is 1.56. The van der Waals surface area contributed by atoms with Crippen LogP contribution >= 0.6 is 0 Å². The van der Waals surface area contributed by atoms with Gasteiger partial charge in [-0.15, -0.1) is 0 Å². The molecule has 7 atom stereocenters. The van der Waals surface area contributed by atoms with Crippen molar-refractivity contribution in [2.45, 2.75) is 151 Å². The molecule has 230 valence electrons. The van der Waals surface area contributed by atoms with E-state index in [2.05, 4.69) is 58.7 Å². The number of nitrogens with zero attached hydrogens (tertiary/aromatic N) is 1. The van der Waals surface area contributed by atoms with Crippen molar-refractivity contribution >= 4 is 0 Å². The van der Waals surface area contributed by atoms with Gasteiger partial charge in [0.1, 0.15) is 12.5 Å². The van der Waals surface area contributed by atoms with Crippen LogP contribution in [-0.4, -0.2) is 57.9 Å². The summed E-state index contributed by atoms with van der Waals surface area (Å²) in [6.45, 7) is 19.9. The largest absolute Gasteiger partial charge is 0.393 e. The normalized spacial score (nSPS) is 35.2. The lowest BCUT2D eigenvalue weighted by molar-refractivity contribution is -0.106. The molecule has 5 nitrogen and oxygen atoms in total. The monoisotopic (exact) mass is 551 g/mol. The van der Waals surface area contributed by atoms with Crippen LogP contribution in [0.5, 0.6) is 0 Å². The van der Waals surface area contributed by atoms with E-state index < -0.39 is 12.5 Å². The summed E-state index contributed by atoms with van der Waals surface area (Å²) < 4.78 is 0. The lowest BCUT2D eigenvalue weighted by Crippen LogP contribution is -2.60. The standard InChI is InChI=1S/C34H66N2O3/c1-9-26(20-24(5)27-14-16-28(17-15-27)25(6)37)32(38)35-31(22(2)3)33(39)36-19-18-30(34(7,8)21-36)29-12-10-23(4)11-13-29/h22-33,35,37-39H,9-21H2,1-8H3/t23?,24?,25-,26?,27?,28?,29?,30?,31+,32?,33?/m0/s1. The van der Waals surface area contributed by atoms with E-state index in [-0.39, 0.29) is 29.4 Å². The molecule has 5 heteroatoms. The summed E-state index contributed by atoms with van der Waals surface area (Å²) in [7, 11) is 0. The predicted molar refractivity (Wildman–Crippen MR) is 163 cm³/mol. The fraction of sp³-hybridized carbons (Fsp3) is 1.00. The molecule has 0 aromatic heterocycles. The number of rotatable bonds is 12. The second-order valence-corrected chi connectivity index (χ2v) is 15.5. The highest BCUT2D eigenvalue weighted by molar-refractivity contribution is 4.95. The van der Waals surface area contributed by atoms with Crippen molar-refractivity contribution in [3.05, 3.63) is 0 Å². The number of hydrogen-bond donors (Lipinski definition) is 4. The Morgan fingerprint density at radius 1 is 0.846 bits per heavy atom. The number of hydrogen-bond acceptors (Lipinski definition) is 5. The molecule has 1 aliphatic heterocycles. The molecule has 2 aliphatic carbocycles. The van der Waals surface area contributed by atoms with Gasteiger partial charge in [0.05, 0.1) is 12.1 Å². The molecule has 2 saturated carbocycles. The summed E-state index contributed by atoms with van der Waals surface area (Å²) in [6, 6.07) is -0.159. The van der Waals surface area contributed by atoms with Crippen molar-refractivity contribution in [3.8, 4) is 0 Å². The summed E-state index contributed by atoms with van der Waals surface area (Å²) in [5, 5.41) is 36.6. The van der Waals surface area contributed by atoms with Gasteiger partial charge in [0.25, 0.3) is 0 Å². The van der Waals surface area contributed by atoms with Gasteiger partial charge < -0.3 is 15.3 Å². The number of piperidine rings is 1. The van der Waals surface area contributed by atoms with E-state index in [0.717, 1.165) is 56.5 Å². The Bertz CT molecular complexity index is 697. The maximum Gasteiger partial charge on any atom is 0.123 e. The van der Waals surface area contributed by atoms with Gasteiger partial charge in [-0.3, -0.25) is 10.2 Å². The Hall–Kier alpha value is -0.200. The molecular weight excluding hydrogens is 484 g/mol. The van der Waals surface area contributed by atoms with E-state index in [9.17, 15) is 15.3 Å². The van der Waals surface area contributed by atoms with Gasteiger partial charge in [0.15, 0.2) is 0 Å². The molecule has 1 heterocycles. The minimum Gasteiger partial charge on any atom is -0.393 e. The van der Waals surface area contributed by atoms with Crippen molar-refractivity contribution in [2.24, 2.45) is 52.8 Å². The van der Waals surface area contributed by atoms with Gasteiger partial charge in [0, 0.05) is 13.1 Å². The van der Waals surface area contributed by atoms with E-state index in [1.54, 1.807) is 0 Å². The van der Waals surface area contributed by atoms with Crippen LogP contribution in [-0.2, 0) is 0 Å². The molecule has 1 saturated heterocycles. The van der Waals surface area contributed by atoms with Gasteiger partial charge in [-0.05, 0) is 117 Å². The topological polar surface area (TPSA) is 76.0 Å². The van der Waals surface area contributed by atoms with Crippen LogP contribution in [0.25, 0.3) is 0 Å². The quantitative estimate of drug-likeness (QED) is 0.205. The van der Waals surface area contributed by atoms with Crippen LogP contribution < -0.4 is 5.32 Å². The highest BCUT2D eigenvalue weighted by Gasteiger charge is 2.44. The number of aliphatic hydroxyl groups excluding tert-OH is 3. The minimum atomic E-state index is -0.608. The van der Waals surface area contributed by atoms with Crippen LogP contribution in [0.2, 0.25) is 0 Å². The minimum absolute atomic E-state index is 0.159. The van der Waals surface area contributed by atoms with Gasteiger partial charge in [-0.1, -0.05) is 61.3 Å². The van der Waals surface area contributed by atoms with Gasteiger partial charge >= 0.3 is 0 Å². The van der Waals surface area contributed by atoms with Crippen LogP contribution in [0.15, 0.2) is 0 Å². The fourth-order valence-corrected chi connectivity index (χ4v) is 8.77. The molecule has 0 radical (unpaired) electrons. The molecule has 5 unspecified atom stereocenters. The fourth-order valence-electron chi connectivity index (χ4n) is 8.77. The molecule has 3 rings (SSSR count). The van der Waals surface area contributed by atoms with Gasteiger partial charge in [0.2, 0.25) is 0 Å². The highest BCUT2D eigenvalue weighted by Crippen LogP contribution is 2.46. The third-order valence-electron chi connectivity index (χ3n) is 11.7. The van der Waals surface area contributed by atoms with Crippen LogP contribution in [0, 0.1) is 52.8 Å². The predicted octanol–water partition coefficient (Wildman–Crippen LogP) is 6.65. The van der Waals surface area contributed by atoms with E-state index in [4.69, 9.17) is 0 Å². The molecule has 3 fully saturated rings. The van der Waals surface area contributed by atoms with Crippen molar-refractivity contribution < 1.29 is 15.3 Å². The lowest BCUT2D eigenvalue weighted by atomic mass is 9.63. The first-order valence-corrected chi connectivity index (χ1v) is 16.9. The zero-order valence-corrected chi connectivity index (χ0v) is 26.9. The average molecular weight is 551 g/mol. The van der Waals surface area contributed by atoms with Gasteiger partial charge in [-0.2, -0.15) is 0 Å².